The van der Waals surface area contributed by atoms with Crippen LogP contribution in [0.4, 0.5) is 5.69 Å². The zero-order chi connectivity index (χ0) is 21.1. The molecule has 0 spiro atoms. The third-order valence-corrected chi connectivity index (χ3v) is 5.34. The molecule has 3 aromatic rings. The molecule has 1 aliphatic rings. The molecule has 2 aromatic carbocycles. The van der Waals surface area contributed by atoms with Crippen molar-refractivity contribution in [1.29, 1.82) is 0 Å². The number of fused-ring (bicyclic) bond motifs is 2. The van der Waals surface area contributed by atoms with Crippen molar-refractivity contribution < 1.29 is 19.2 Å². The number of aromatic nitrogens is 1. The average molecular weight is 421 g/mol. The summed E-state index contributed by atoms with van der Waals surface area (Å²) in [6, 6.07) is 9.67. The Hall–Kier alpha value is -3.90. The number of carbonyl (C=O) groups excluding carboxylic acids is 1. The van der Waals surface area contributed by atoms with Crippen LogP contribution in [-0.2, 0) is 11.3 Å². The molecule has 8 nitrogen and oxygen atoms in total. The number of rotatable bonds is 4. The maximum Gasteiger partial charge on any atom is 0.272 e. The quantitative estimate of drug-likeness (QED) is 0.279. The number of hydrogen-bond acceptors (Lipinski definition) is 6. The number of terminal acetylenes is 1. The summed E-state index contributed by atoms with van der Waals surface area (Å²) >= 11 is 1.31. The maximum absolute atomic E-state index is 12.4. The number of nitrogens with zero attached hydrogens (tertiary/aromatic N) is 3. The van der Waals surface area contributed by atoms with E-state index in [1.807, 2.05) is 12.1 Å². The summed E-state index contributed by atoms with van der Waals surface area (Å²) in [6.07, 6.45) is 8.25. The van der Waals surface area contributed by atoms with Crippen LogP contribution in [0.25, 0.3) is 16.3 Å². The van der Waals surface area contributed by atoms with Crippen LogP contribution in [0.2, 0.25) is 0 Å². The summed E-state index contributed by atoms with van der Waals surface area (Å²) in [7, 11) is 0. The summed E-state index contributed by atoms with van der Waals surface area (Å²) in [4.78, 5) is 27.4. The Morgan fingerprint density at radius 3 is 2.80 bits per heavy atom. The number of non-ortho nitro benzene ring substituents is 1. The first-order chi connectivity index (χ1) is 14.5. The van der Waals surface area contributed by atoms with Crippen LogP contribution < -0.4 is 14.3 Å². The number of nitro benzene ring substituents is 1. The van der Waals surface area contributed by atoms with E-state index in [4.69, 9.17) is 15.9 Å². The minimum atomic E-state index is -0.504. The Morgan fingerprint density at radius 1 is 1.30 bits per heavy atom. The second-order valence-electron chi connectivity index (χ2n) is 6.27. The smallest absolute Gasteiger partial charge is 0.272 e. The van der Waals surface area contributed by atoms with Gasteiger partial charge in [0.1, 0.15) is 13.2 Å². The number of carbonyl (C=O) groups is 1. The highest BCUT2D eigenvalue weighted by Gasteiger charge is 2.16. The van der Waals surface area contributed by atoms with E-state index in [0.29, 0.717) is 35.1 Å². The summed E-state index contributed by atoms with van der Waals surface area (Å²) in [5, 5.41) is 10.9. The molecule has 30 heavy (non-hydrogen) atoms. The van der Waals surface area contributed by atoms with E-state index < -0.39 is 10.8 Å². The molecule has 0 unspecified atom stereocenters. The summed E-state index contributed by atoms with van der Waals surface area (Å²) in [6.45, 7) is 1.18. The van der Waals surface area contributed by atoms with E-state index in [2.05, 4.69) is 10.9 Å². The monoisotopic (exact) mass is 421 g/mol. The molecule has 9 heteroatoms. The zero-order valence-corrected chi connectivity index (χ0v) is 16.4. The van der Waals surface area contributed by atoms with E-state index in [1.165, 1.54) is 35.6 Å². The van der Waals surface area contributed by atoms with Crippen molar-refractivity contribution >= 4 is 39.2 Å². The van der Waals surface area contributed by atoms with Gasteiger partial charge < -0.3 is 14.0 Å². The fourth-order valence-corrected chi connectivity index (χ4v) is 4.02. The molecule has 2 heterocycles. The van der Waals surface area contributed by atoms with Crippen molar-refractivity contribution in [2.45, 2.75) is 6.54 Å². The van der Waals surface area contributed by atoms with Crippen molar-refractivity contribution in [2.75, 3.05) is 13.2 Å². The van der Waals surface area contributed by atoms with Gasteiger partial charge in [0, 0.05) is 30.3 Å². The van der Waals surface area contributed by atoms with E-state index in [9.17, 15) is 14.9 Å². The van der Waals surface area contributed by atoms with Gasteiger partial charge in [-0.2, -0.15) is 4.99 Å². The molecule has 0 fully saturated rings. The van der Waals surface area contributed by atoms with Gasteiger partial charge in [-0.3, -0.25) is 14.9 Å². The fourth-order valence-electron chi connectivity index (χ4n) is 2.98. The number of ether oxygens (including phenoxy) is 2. The third-order valence-electron chi connectivity index (χ3n) is 4.30. The third kappa shape index (κ3) is 3.94. The van der Waals surface area contributed by atoms with Crippen LogP contribution in [0.15, 0.2) is 47.5 Å². The molecule has 0 N–H and O–H groups in total. The number of nitro groups is 1. The SMILES string of the molecule is C#CCn1c(=NC(=O)/C=C/c2cccc([N+](=O)[O-])c2)sc2cc3c(cc21)OCCO3. The Balaban J connectivity index is 1.70. The van der Waals surface area contributed by atoms with Crippen molar-refractivity contribution in [3.63, 3.8) is 0 Å². The molecule has 0 bridgehead atoms. The van der Waals surface area contributed by atoms with Crippen LogP contribution in [0.5, 0.6) is 11.5 Å². The Kier molecular flexibility index (Phi) is 5.32. The maximum atomic E-state index is 12.4. The van der Waals surface area contributed by atoms with Crippen molar-refractivity contribution in [3.8, 4) is 23.8 Å². The molecule has 1 aromatic heterocycles. The lowest BCUT2D eigenvalue weighted by Gasteiger charge is -2.18. The van der Waals surface area contributed by atoms with Gasteiger partial charge in [0.15, 0.2) is 16.3 Å². The number of hydrogen-bond donors (Lipinski definition) is 0. The highest BCUT2D eigenvalue weighted by atomic mass is 32.1. The van der Waals surface area contributed by atoms with Gasteiger partial charge in [0.25, 0.3) is 11.6 Å². The first-order valence-electron chi connectivity index (χ1n) is 8.93. The van der Waals surface area contributed by atoms with Crippen LogP contribution >= 0.6 is 11.3 Å². The van der Waals surface area contributed by atoms with Crippen LogP contribution in [0.3, 0.4) is 0 Å². The van der Waals surface area contributed by atoms with Gasteiger partial charge in [-0.1, -0.05) is 29.4 Å². The second-order valence-corrected chi connectivity index (χ2v) is 7.28. The predicted molar refractivity (Wildman–Crippen MR) is 112 cm³/mol. The molecule has 0 saturated heterocycles. The lowest BCUT2D eigenvalue weighted by Crippen LogP contribution is -2.17. The van der Waals surface area contributed by atoms with Crippen LogP contribution in [-0.4, -0.2) is 28.6 Å². The molecular weight excluding hydrogens is 406 g/mol. The first-order valence-corrected chi connectivity index (χ1v) is 9.74. The van der Waals surface area contributed by atoms with Gasteiger partial charge >= 0.3 is 0 Å². The van der Waals surface area contributed by atoms with Gasteiger partial charge in [0.2, 0.25) is 0 Å². The molecule has 1 amide bonds. The number of thiazole rings is 1. The molecule has 1 aliphatic heterocycles. The minimum Gasteiger partial charge on any atom is -0.486 e. The van der Waals surface area contributed by atoms with E-state index in [-0.39, 0.29) is 12.2 Å². The summed E-state index contributed by atoms with van der Waals surface area (Å²) in [5.41, 5.74) is 1.28. The first kappa shape index (κ1) is 19.4. The Morgan fingerprint density at radius 2 is 2.07 bits per heavy atom. The normalized spacial score (nSPS) is 13.5. The van der Waals surface area contributed by atoms with E-state index >= 15 is 0 Å². The summed E-state index contributed by atoms with van der Waals surface area (Å²) < 4.78 is 13.9. The number of benzene rings is 2. The van der Waals surface area contributed by atoms with Gasteiger partial charge in [-0.25, -0.2) is 0 Å². The standard InChI is InChI=1S/C21H15N3O5S/c1-2-8-23-16-12-17-18(29-10-9-28-17)13-19(16)30-21(23)22-20(25)7-6-14-4-3-5-15(11-14)24(26)27/h1,3-7,11-13H,8-10H2/b7-6+,22-21?. The largest absolute Gasteiger partial charge is 0.486 e. The molecule has 4 rings (SSSR count). The second kappa shape index (κ2) is 8.23. The van der Waals surface area contributed by atoms with E-state index in [1.54, 1.807) is 16.7 Å². The topological polar surface area (TPSA) is 96.0 Å². The van der Waals surface area contributed by atoms with Crippen molar-refractivity contribution in [2.24, 2.45) is 4.99 Å². The van der Waals surface area contributed by atoms with Gasteiger partial charge in [-0.05, 0) is 11.6 Å². The molecule has 0 saturated carbocycles. The molecule has 0 radical (unpaired) electrons. The van der Waals surface area contributed by atoms with Crippen molar-refractivity contribution in [3.05, 3.63) is 63.0 Å². The zero-order valence-electron chi connectivity index (χ0n) is 15.6. The summed E-state index contributed by atoms with van der Waals surface area (Å²) in [5.74, 6) is 3.34. The van der Waals surface area contributed by atoms with Gasteiger partial charge in [-0.15, -0.1) is 6.42 Å². The van der Waals surface area contributed by atoms with Crippen LogP contribution in [0.1, 0.15) is 5.56 Å². The average Bonchev–Trinajstić information content (AvgIpc) is 3.07. The van der Waals surface area contributed by atoms with Crippen LogP contribution in [0, 0.1) is 22.5 Å². The van der Waals surface area contributed by atoms with Crippen molar-refractivity contribution in [1.82, 2.24) is 4.57 Å². The molecule has 0 aliphatic carbocycles. The van der Waals surface area contributed by atoms with Gasteiger partial charge in [0.05, 0.1) is 21.7 Å². The number of amides is 1. The molecular formula is C21H15N3O5S. The van der Waals surface area contributed by atoms with E-state index in [0.717, 1.165) is 10.2 Å². The lowest BCUT2D eigenvalue weighted by atomic mass is 10.2. The minimum absolute atomic E-state index is 0.0497. The fraction of sp³-hybridized carbons (Fsp3) is 0.143. The highest BCUT2D eigenvalue weighted by Crippen LogP contribution is 2.35. The molecule has 150 valence electrons. The molecule has 0 atom stereocenters. The lowest BCUT2D eigenvalue weighted by molar-refractivity contribution is -0.384. The Labute approximate surface area is 174 Å². The highest BCUT2D eigenvalue weighted by molar-refractivity contribution is 7.16. The predicted octanol–water partition coefficient (Wildman–Crippen LogP) is 3.16. The Bertz CT molecular complexity index is 1300.